The van der Waals surface area contributed by atoms with E-state index in [1.807, 2.05) is 0 Å². The highest BCUT2D eigenvalue weighted by atomic mass is 16.5. The van der Waals surface area contributed by atoms with Crippen LogP contribution in [0.3, 0.4) is 0 Å². The van der Waals surface area contributed by atoms with Crippen molar-refractivity contribution in [2.45, 2.75) is 44.1 Å². The second kappa shape index (κ2) is 10.2. The molecule has 3 fully saturated rings. The Balaban J connectivity index is 1.49. The molecule has 0 spiro atoms. The summed E-state index contributed by atoms with van der Waals surface area (Å²) in [6.45, 7) is 17.6. The lowest BCUT2D eigenvalue weighted by Gasteiger charge is -2.45. The molecule has 1 atom stereocenters. The van der Waals surface area contributed by atoms with E-state index in [0.717, 1.165) is 52.6 Å². The lowest BCUT2D eigenvalue weighted by atomic mass is 9.87. The van der Waals surface area contributed by atoms with Gasteiger partial charge < -0.3 is 9.47 Å². The molecule has 1 unspecified atom stereocenters. The van der Waals surface area contributed by atoms with E-state index in [9.17, 15) is 0 Å². The summed E-state index contributed by atoms with van der Waals surface area (Å²) < 4.78 is 11.0. The average Bonchev–Trinajstić information content (AvgIpc) is 2.69. The maximum Gasteiger partial charge on any atom is 0.0594 e. The number of ether oxygens (including phenoxy) is 2. The molecule has 0 aromatic heterocycles. The van der Waals surface area contributed by atoms with Gasteiger partial charge in [-0.15, -0.1) is 0 Å². The Morgan fingerprint density at radius 2 is 1.24 bits per heavy atom. The first-order valence-electron chi connectivity index (χ1n) is 10.5. The molecule has 5 heteroatoms. The number of morpholine rings is 2. The predicted octanol–water partition coefficient (Wildman–Crippen LogP) is 1.88. The van der Waals surface area contributed by atoms with Crippen molar-refractivity contribution in [3.05, 3.63) is 6.92 Å². The largest absolute Gasteiger partial charge is 0.379 e. The van der Waals surface area contributed by atoms with Crippen molar-refractivity contribution < 1.29 is 9.47 Å². The van der Waals surface area contributed by atoms with Crippen molar-refractivity contribution in [2.24, 2.45) is 0 Å². The lowest BCUT2D eigenvalue weighted by Crippen LogP contribution is -2.51. The van der Waals surface area contributed by atoms with Crippen molar-refractivity contribution in [3.8, 4) is 0 Å². The molecular weight excluding hydrogens is 314 g/mol. The van der Waals surface area contributed by atoms with Crippen LogP contribution >= 0.6 is 0 Å². The van der Waals surface area contributed by atoms with E-state index in [1.54, 1.807) is 0 Å². The van der Waals surface area contributed by atoms with Gasteiger partial charge in [-0.3, -0.25) is 14.7 Å². The molecule has 5 nitrogen and oxygen atoms in total. The Morgan fingerprint density at radius 1 is 0.680 bits per heavy atom. The molecule has 3 rings (SSSR count). The van der Waals surface area contributed by atoms with Crippen LogP contribution in [0, 0.1) is 6.92 Å². The number of piperidine rings is 1. The SMILES string of the molecule is [CH2]C(CCCN1CCOCC1)(CCN1CCOCC1)N1CCCCC1. The minimum absolute atomic E-state index is 0.116. The fourth-order valence-electron chi connectivity index (χ4n) is 4.46. The van der Waals surface area contributed by atoms with Gasteiger partial charge in [0.25, 0.3) is 0 Å². The quantitative estimate of drug-likeness (QED) is 0.665. The van der Waals surface area contributed by atoms with Gasteiger partial charge in [0, 0.05) is 38.3 Å². The van der Waals surface area contributed by atoms with Crippen LogP contribution in [0.4, 0.5) is 0 Å². The minimum Gasteiger partial charge on any atom is -0.379 e. The third kappa shape index (κ3) is 6.17. The summed E-state index contributed by atoms with van der Waals surface area (Å²) in [5.74, 6) is 0. The van der Waals surface area contributed by atoms with Gasteiger partial charge in [-0.25, -0.2) is 0 Å². The summed E-state index contributed by atoms with van der Waals surface area (Å²) in [5.41, 5.74) is 0.116. The third-order valence-corrected chi connectivity index (χ3v) is 6.24. The highest BCUT2D eigenvalue weighted by molar-refractivity contribution is 4.95. The molecule has 0 saturated carbocycles. The molecule has 0 amide bonds. The second-order valence-corrected chi connectivity index (χ2v) is 8.03. The summed E-state index contributed by atoms with van der Waals surface area (Å²) in [5, 5.41) is 0. The molecule has 0 bridgehead atoms. The van der Waals surface area contributed by atoms with Crippen molar-refractivity contribution in [2.75, 3.05) is 78.8 Å². The maximum atomic E-state index is 5.50. The van der Waals surface area contributed by atoms with E-state index in [2.05, 4.69) is 14.7 Å². The summed E-state index contributed by atoms with van der Waals surface area (Å²) in [4.78, 5) is 7.83. The van der Waals surface area contributed by atoms with E-state index in [-0.39, 0.29) is 5.54 Å². The van der Waals surface area contributed by atoms with Crippen molar-refractivity contribution in [1.29, 1.82) is 0 Å². The van der Waals surface area contributed by atoms with Crippen LogP contribution in [0.15, 0.2) is 0 Å². The van der Waals surface area contributed by atoms with Crippen LogP contribution in [0.25, 0.3) is 0 Å². The van der Waals surface area contributed by atoms with E-state index in [1.165, 1.54) is 64.7 Å². The zero-order chi connectivity index (χ0) is 17.4. The fourth-order valence-corrected chi connectivity index (χ4v) is 4.46. The highest BCUT2D eigenvalue weighted by Gasteiger charge is 2.33. The maximum absolute atomic E-state index is 5.50. The van der Waals surface area contributed by atoms with E-state index in [0.29, 0.717) is 0 Å². The van der Waals surface area contributed by atoms with E-state index >= 15 is 0 Å². The Labute approximate surface area is 154 Å². The Bertz CT molecular complexity index is 364. The highest BCUT2D eigenvalue weighted by Crippen LogP contribution is 2.29. The van der Waals surface area contributed by atoms with Gasteiger partial charge in [-0.1, -0.05) is 6.42 Å². The Morgan fingerprint density at radius 3 is 1.84 bits per heavy atom. The molecule has 25 heavy (non-hydrogen) atoms. The molecule has 145 valence electrons. The van der Waals surface area contributed by atoms with Crippen LogP contribution in [0.1, 0.15) is 38.5 Å². The standard InChI is InChI=1S/C20H38N3O2/c1-20(23-9-3-2-4-10-23,7-11-22-14-18-25-19-15-22)6-5-8-21-12-16-24-17-13-21/h1-19H2. The van der Waals surface area contributed by atoms with E-state index in [4.69, 9.17) is 16.4 Å². The predicted molar refractivity (Wildman–Crippen MR) is 102 cm³/mol. The molecule has 0 N–H and O–H groups in total. The number of hydrogen-bond acceptors (Lipinski definition) is 5. The molecule has 3 aliphatic rings. The fraction of sp³-hybridized carbons (Fsp3) is 0.950. The molecule has 1 radical (unpaired) electrons. The first kappa shape index (κ1) is 19.6. The topological polar surface area (TPSA) is 28.2 Å². The van der Waals surface area contributed by atoms with Crippen molar-refractivity contribution in [3.63, 3.8) is 0 Å². The molecule has 3 aliphatic heterocycles. The van der Waals surface area contributed by atoms with Gasteiger partial charge in [-0.05, 0) is 58.7 Å². The zero-order valence-corrected chi connectivity index (χ0v) is 16.1. The monoisotopic (exact) mass is 352 g/mol. The molecule has 0 aromatic rings. The lowest BCUT2D eigenvalue weighted by molar-refractivity contribution is 0.0185. The second-order valence-electron chi connectivity index (χ2n) is 8.03. The van der Waals surface area contributed by atoms with Crippen molar-refractivity contribution >= 4 is 0 Å². The minimum atomic E-state index is 0.116. The van der Waals surface area contributed by atoms with Crippen LogP contribution in [0.2, 0.25) is 0 Å². The first-order valence-corrected chi connectivity index (χ1v) is 10.5. The summed E-state index contributed by atoms with van der Waals surface area (Å²) in [6, 6.07) is 0. The van der Waals surface area contributed by atoms with Gasteiger partial charge >= 0.3 is 0 Å². The summed E-state index contributed by atoms with van der Waals surface area (Å²) in [7, 11) is 0. The normalized spacial score (nSPS) is 27.2. The molecule has 0 aromatic carbocycles. The van der Waals surface area contributed by atoms with Crippen LogP contribution in [-0.2, 0) is 9.47 Å². The number of rotatable bonds is 8. The smallest absolute Gasteiger partial charge is 0.0594 e. The number of nitrogens with zero attached hydrogens (tertiary/aromatic N) is 3. The molecular formula is C20H38N3O2. The van der Waals surface area contributed by atoms with Crippen molar-refractivity contribution in [1.82, 2.24) is 14.7 Å². The summed E-state index contributed by atoms with van der Waals surface area (Å²) in [6.07, 6.45) is 7.74. The molecule has 0 aliphatic carbocycles. The van der Waals surface area contributed by atoms with E-state index < -0.39 is 0 Å². The van der Waals surface area contributed by atoms with Gasteiger partial charge in [0.2, 0.25) is 0 Å². The number of likely N-dealkylation sites (tertiary alicyclic amines) is 1. The first-order chi connectivity index (χ1) is 12.3. The number of hydrogen-bond donors (Lipinski definition) is 0. The average molecular weight is 353 g/mol. The zero-order valence-electron chi connectivity index (χ0n) is 16.1. The van der Waals surface area contributed by atoms with Gasteiger partial charge in [0.05, 0.1) is 26.4 Å². The summed E-state index contributed by atoms with van der Waals surface area (Å²) >= 11 is 0. The van der Waals surface area contributed by atoms with Gasteiger partial charge in [0.1, 0.15) is 0 Å². The van der Waals surface area contributed by atoms with Crippen LogP contribution < -0.4 is 0 Å². The Hall–Kier alpha value is -0.200. The molecule has 3 heterocycles. The van der Waals surface area contributed by atoms with Crippen LogP contribution in [-0.4, -0.2) is 99.0 Å². The third-order valence-electron chi connectivity index (χ3n) is 6.24. The Kier molecular flexibility index (Phi) is 7.99. The van der Waals surface area contributed by atoms with Gasteiger partial charge in [0.15, 0.2) is 0 Å². The van der Waals surface area contributed by atoms with Gasteiger partial charge in [-0.2, -0.15) is 0 Å². The molecule has 3 saturated heterocycles. The van der Waals surface area contributed by atoms with Crippen LogP contribution in [0.5, 0.6) is 0 Å².